The van der Waals surface area contributed by atoms with Crippen molar-refractivity contribution in [3.63, 3.8) is 0 Å². The predicted octanol–water partition coefficient (Wildman–Crippen LogP) is 6.25. The largest absolute Gasteiger partial charge is 0.477 e. The molecular formula is C33H47N3O5S. The van der Waals surface area contributed by atoms with E-state index in [1.54, 1.807) is 6.20 Å². The number of nitrogens with zero attached hydrogens (tertiary/aromatic N) is 3. The molecule has 8 nitrogen and oxygen atoms in total. The summed E-state index contributed by atoms with van der Waals surface area (Å²) in [5.41, 5.74) is 1.49. The van der Waals surface area contributed by atoms with Gasteiger partial charge in [-0.2, -0.15) is 0 Å². The lowest BCUT2D eigenvalue weighted by Gasteiger charge is -2.39. The molecule has 1 amide bonds. The average Bonchev–Trinajstić information content (AvgIpc) is 3.57. The van der Waals surface area contributed by atoms with Gasteiger partial charge in [-0.25, -0.2) is 9.78 Å². The number of carboxylic acid groups (broad SMARTS) is 1. The van der Waals surface area contributed by atoms with Crippen molar-refractivity contribution in [2.24, 2.45) is 11.8 Å². The number of hydrogen-bond acceptors (Lipinski definition) is 7. The Morgan fingerprint density at radius 2 is 1.79 bits per heavy atom. The number of hydrogen-bond donors (Lipinski definition) is 2. The fourth-order valence-corrected chi connectivity index (χ4v) is 7.75. The number of anilines is 1. The molecule has 0 aromatic carbocycles. The first-order valence-corrected chi connectivity index (χ1v) is 16.5. The molecule has 0 radical (unpaired) electrons. The molecule has 42 heavy (non-hydrogen) atoms. The molecule has 1 atom stereocenters. The standard InChI is InChI=1S/C33H47N3O5S/c1-21-5-7-23(8-6-21)31(38)36(27-18-28(33(2,3)4)42-30(27)32(39)40)24-9-11-26(12-10-24)41-29-17-22(13-15-34-29)19-35-16-14-25(37)20-35/h13,15,17-18,21,23-26,37H,5-12,14,16,19-20H2,1-4H3,(H,39,40)/t21?,23?,24-,25?,26-. The van der Waals surface area contributed by atoms with E-state index in [4.69, 9.17) is 4.74 Å². The van der Waals surface area contributed by atoms with Crippen molar-refractivity contribution in [1.29, 1.82) is 0 Å². The molecule has 2 aromatic rings. The number of carbonyl (C=O) groups is 2. The SMILES string of the molecule is CC1CCC(C(=O)N(c2cc(C(C)(C)C)sc2C(=O)O)[C@H]2CC[C@H](Oc3cc(CN4CCC(O)C4)ccn3)CC2)CC1. The number of thiophene rings is 1. The van der Waals surface area contributed by atoms with Crippen molar-refractivity contribution in [3.05, 3.63) is 39.7 Å². The summed E-state index contributed by atoms with van der Waals surface area (Å²) in [5, 5.41) is 20.0. The van der Waals surface area contributed by atoms with Crippen LogP contribution in [0.3, 0.4) is 0 Å². The van der Waals surface area contributed by atoms with Gasteiger partial charge in [0, 0.05) is 48.7 Å². The van der Waals surface area contributed by atoms with Gasteiger partial charge in [-0.15, -0.1) is 11.3 Å². The number of aromatic carboxylic acids is 1. The van der Waals surface area contributed by atoms with Gasteiger partial charge in [-0.1, -0.05) is 27.7 Å². The second-order valence-electron chi connectivity index (χ2n) is 13.8. The number of likely N-dealkylation sites (tertiary alicyclic amines) is 1. The van der Waals surface area contributed by atoms with Crippen molar-refractivity contribution in [2.75, 3.05) is 18.0 Å². The molecule has 0 bridgehead atoms. The maximum atomic E-state index is 14.2. The molecule has 2 N–H and O–H groups in total. The maximum absolute atomic E-state index is 14.2. The Hall–Kier alpha value is -2.49. The van der Waals surface area contributed by atoms with Crippen LogP contribution in [0.1, 0.15) is 106 Å². The number of pyridine rings is 1. The molecule has 2 saturated carbocycles. The van der Waals surface area contributed by atoms with E-state index in [1.165, 1.54) is 11.3 Å². The van der Waals surface area contributed by atoms with Crippen LogP contribution in [0.2, 0.25) is 0 Å². The van der Waals surface area contributed by atoms with Gasteiger partial charge >= 0.3 is 5.97 Å². The summed E-state index contributed by atoms with van der Waals surface area (Å²) in [5.74, 6) is 0.312. The number of carbonyl (C=O) groups excluding carboxylic acids is 1. The van der Waals surface area contributed by atoms with Crippen molar-refractivity contribution in [3.8, 4) is 5.88 Å². The minimum atomic E-state index is -0.966. The Morgan fingerprint density at radius 3 is 2.40 bits per heavy atom. The lowest BCUT2D eigenvalue weighted by molar-refractivity contribution is -0.124. The third-order valence-electron chi connectivity index (χ3n) is 9.26. The minimum Gasteiger partial charge on any atom is -0.477 e. The maximum Gasteiger partial charge on any atom is 0.348 e. The zero-order valence-corrected chi connectivity index (χ0v) is 26.4. The molecular weight excluding hydrogens is 550 g/mol. The summed E-state index contributed by atoms with van der Waals surface area (Å²) in [7, 11) is 0. The first kappa shape index (κ1) is 31.0. The van der Waals surface area contributed by atoms with Crippen molar-refractivity contribution in [1.82, 2.24) is 9.88 Å². The third kappa shape index (κ3) is 7.34. The van der Waals surface area contributed by atoms with Crippen LogP contribution in [-0.4, -0.2) is 63.3 Å². The lowest BCUT2D eigenvalue weighted by atomic mass is 9.81. The van der Waals surface area contributed by atoms with Crippen LogP contribution in [0, 0.1) is 11.8 Å². The Bertz CT molecular complexity index is 1240. The average molecular weight is 598 g/mol. The van der Waals surface area contributed by atoms with Crippen LogP contribution in [-0.2, 0) is 16.8 Å². The van der Waals surface area contributed by atoms with Crippen LogP contribution < -0.4 is 9.64 Å². The molecule has 1 aliphatic heterocycles. The van der Waals surface area contributed by atoms with Crippen LogP contribution in [0.25, 0.3) is 0 Å². The second kappa shape index (κ2) is 13.0. The van der Waals surface area contributed by atoms with E-state index in [-0.39, 0.29) is 40.4 Å². The van der Waals surface area contributed by atoms with Crippen molar-refractivity contribution >= 4 is 28.9 Å². The van der Waals surface area contributed by atoms with E-state index in [9.17, 15) is 19.8 Å². The lowest BCUT2D eigenvalue weighted by Crippen LogP contribution is -2.47. The molecule has 0 spiro atoms. The monoisotopic (exact) mass is 597 g/mol. The van der Waals surface area contributed by atoms with Crippen LogP contribution in [0.5, 0.6) is 5.88 Å². The van der Waals surface area contributed by atoms with Gasteiger partial charge in [-0.05, 0) is 86.8 Å². The van der Waals surface area contributed by atoms with E-state index in [2.05, 4.69) is 37.6 Å². The molecule has 3 heterocycles. The van der Waals surface area contributed by atoms with E-state index < -0.39 is 5.97 Å². The quantitative estimate of drug-likeness (QED) is 0.371. The molecule has 2 aliphatic carbocycles. The first-order chi connectivity index (χ1) is 20.0. The fraction of sp³-hybridized carbons (Fsp3) is 0.667. The highest BCUT2D eigenvalue weighted by molar-refractivity contribution is 7.14. The number of amides is 1. The van der Waals surface area contributed by atoms with Crippen molar-refractivity contribution in [2.45, 2.75) is 116 Å². The van der Waals surface area contributed by atoms with Gasteiger partial charge in [0.25, 0.3) is 0 Å². The molecule has 3 fully saturated rings. The fourth-order valence-electron chi connectivity index (χ4n) is 6.70. The summed E-state index contributed by atoms with van der Waals surface area (Å²) >= 11 is 1.30. The summed E-state index contributed by atoms with van der Waals surface area (Å²) in [6.07, 6.45) is 9.23. The van der Waals surface area contributed by atoms with Crippen molar-refractivity contribution < 1.29 is 24.5 Å². The third-order valence-corrected chi connectivity index (χ3v) is 10.8. The van der Waals surface area contributed by atoms with E-state index in [0.29, 0.717) is 24.0 Å². The topological polar surface area (TPSA) is 103 Å². The van der Waals surface area contributed by atoms with Gasteiger partial charge in [-0.3, -0.25) is 9.69 Å². The Kier molecular flexibility index (Phi) is 9.59. The predicted molar refractivity (Wildman–Crippen MR) is 165 cm³/mol. The van der Waals surface area contributed by atoms with Gasteiger partial charge in [0.05, 0.1) is 11.8 Å². The molecule has 5 rings (SSSR count). The number of carboxylic acids is 1. The van der Waals surface area contributed by atoms with E-state index in [1.807, 2.05) is 23.1 Å². The molecule has 230 valence electrons. The van der Waals surface area contributed by atoms with Gasteiger partial charge in [0.1, 0.15) is 11.0 Å². The van der Waals surface area contributed by atoms with E-state index in [0.717, 1.165) is 81.3 Å². The van der Waals surface area contributed by atoms with Crippen LogP contribution in [0.15, 0.2) is 24.4 Å². The molecule has 1 saturated heterocycles. The number of aliphatic hydroxyl groups is 1. The minimum absolute atomic E-state index is 0.00311. The van der Waals surface area contributed by atoms with Gasteiger partial charge in [0.15, 0.2) is 0 Å². The van der Waals surface area contributed by atoms with Crippen LogP contribution in [0.4, 0.5) is 5.69 Å². The first-order valence-electron chi connectivity index (χ1n) is 15.7. The molecule has 2 aromatic heterocycles. The highest BCUT2D eigenvalue weighted by Gasteiger charge is 2.38. The number of rotatable bonds is 8. The number of aromatic nitrogens is 1. The molecule has 3 aliphatic rings. The van der Waals surface area contributed by atoms with E-state index >= 15 is 0 Å². The zero-order chi connectivity index (χ0) is 30.0. The Morgan fingerprint density at radius 1 is 1.07 bits per heavy atom. The Balaban J connectivity index is 1.31. The highest BCUT2D eigenvalue weighted by atomic mass is 32.1. The van der Waals surface area contributed by atoms with Gasteiger partial charge < -0.3 is 19.8 Å². The normalized spacial score (nSPS) is 27.1. The summed E-state index contributed by atoms with van der Waals surface area (Å²) in [6, 6.07) is 5.90. The number of aliphatic hydroxyl groups excluding tert-OH is 1. The molecule has 1 unspecified atom stereocenters. The number of β-amino-alcohol motifs (C(OH)–C–C–N with tert-alkyl or cyclic N) is 1. The van der Waals surface area contributed by atoms with Gasteiger partial charge in [0.2, 0.25) is 11.8 Å². The Labute approximate surface area is 254 Å². The number of ether oxygens (including phenoxy) is 1. The molecule has 9 heteroatoms. The smallest absolute Gasteiger partial charge is 0.348 e. The summed E-state index contributed by atoms with van der Waals surface area (Å²) in [6.45, 7) is 10.9. The zero-order valence-electron chi connectivity index (χ0n) is 25.6. The second-order valence-corrected chi connectivity index (χ2v) is 14.8. The summed E-state index contributed by atoms with van der Waals surface area (Å²) < 4.78 is 6.34. The highest BCUT2D eigenvalue weighted by Crippen LogP contribution is 2.42. The van der Waals surface area contributed by atoms with Crippen LogP contribution >= 0.6 is 11.3 Å². The summed E-state index contributed by atoms with van der Waals surface area (Å²) in [4.78, 5) is 36.5.